The van der Waals surface area contributed by atoms with Crippen molar-refractivity contribution < 1.29 is 33.3 Å². The molecule has 11 nitrogen and oxygen atoms in total. The van der Waals surface area contributed by atoms with E-state index in [-0.39, 0.29) is 19.1 Å². The molecule has 11 heteroatoms. The van der Waals surface area contributed by atoms with Crippen LogP contribution in [0.1, 0.15) is 12.5 Å². The predicted octanol–water partition coefficient (Wildman–Crippen LogP) is 1.32. The molecule has 0 heterocycles. The predicted molar refractivity (Wildman–Crippen MR) is 125 cm³/mol. The number of amides is 3. The van der Waals surface area contributed by atoms with Crippen LogP contribution in [-0.2, 0) is 19.1 Å². The number of anilines is 1. The molecule has 0 aliphatic rings. The zero-order valence-electron chi connectivity index (χ0n) is 19.3. The van der Waals surface area contributed by atoms with E-state index in [1.165, 1.54) is 20.4 Å². The highest BCUT2D eigenvalue weighted by Gasteiger charge is 2.12. The van der Waals surface area contributed by atoms with Crippen molar-refractivity contribution >= 4 is 29.6 Å². The van der Waals surface area contributed by atoms with Crippen molar-refractivity contribution in [3.63, 3.8) is 0 Å². The number of hydrazone groups is 1. The Labute approximate surface area is 197 Å². The second-order valence-corrected chi connectivity index (χ2v) is 6.65. The molecule has 2 rings (SSSR count). The molecule has 0 saturated heterocycles. The van der Waals surface area contributed by atoms with Crippen LogP contribution < -0.4 is 30.3 Å². The van der Waals surface area contributed by atoms with Gasteiger partial charge in [0.2, 0.25) is 0 Å². The molecule has 2 aromatic rings. The first kappa shape index (κ1) is 26.1. The Kier molecular flexibility index (Phi) is 10.8. The quantitative estimate of drug-likeness (QED) is 0.183. The van der Waals surface area contributed by atoms with E-state index in [1.54, 1.807) is 42.5 Å². The summed E-state index contributed by atoms with van der Waals surface area (Å²) >= 11 is 0. The van der Waals surface area contributed by atoms with E-state index in [0.717, 1.165) is 5.75 Å². The third kappa shape index (κ3) is 8.79. The van der Waals surface area contributed by atoms with Crippen LogP contribution in [0.25, 0.3) is 0 Å². The SMILES string of the molecule is CCOc1ccc(NC(=O)COc2ccc(/C=N\NC(=O)C(=O)NCCOC)cc2OC)cc1. The molecular weight excluding hydrogens is 444 g/mol. The average molecular weight is 472 g/mol. The van der Waals surface area contributed by atoms with Crippen LogP contribution in [0.15, 0.2) is 47.6 Å². The largest absolute Gasteiger partial charge is 0.494 e. The van der Waals surface area contributed by atoms with Crippen molar-refractivity contribution in [1.82, 2.24) is 10.7 Å². The monoisotopic (exact) mass is 472 g/mol. The first-order valence-electron chi connectivity index (χ1n) is 10.4. The van der Waals surface area contributed by atoms with E-state index in [4.69, 9.17) is 18.9 Å². The Balaban J connectivity index is 1.86. The number of nitrogens with zero attached hydrogens (tertiary/aromatic N) is 1. The summed E-state index contributed by atoms with van der Waals surface area (Å²) in [6.07, 6.45) is 1.34. The van der Waals surface area contributed by atoms with Gasteiger partial charge in [-0.2, -0.15) is 5.10 Å². The number of hydrogen-bond donors (Lipinski definition) is 3. The second-order valence-electron chi connectivity index (χ2n) is 6.65. The third-order valence-electron chi connectivity index (χ3n) is 4.17. The fourth-order valence-corrected chi connectivity index (χ4v) is 2.59. The minimum atomic E-state index is -0.905. The molecule has 0 radical (unpaired) electrons. The number of nitrogens with one attached hydrogen (secondary N) is 3. The van der Waals surface area contributed by atoms with E-state index >= 15 is 0 Å². The minimum Gasteiger partial charge on any atom is -0.494 e. The third-order valence-corrected chi connectivity index (χ3v) is 4.17. The maximum Gasteiger partial charge on any atom is 0.329 e. The standard InChI is InChI=1S/C23H28N4O7/c1-4-33-18-8-6-17(7-9-18)26-21(28)15-34-19-10-5-16(13-20(19)32-3)14-25-27-23(30)22(29)24-11-12-31-2/h5-10,13-14H,4,11-12,15H2,1-3H3,(H,24,29)(H,26,28)(H,27,30)/b25-14-. The van der Waals surface area contributed by atoms with E-state index in [2.05, 4.69) is 21.2 Å². The molecule has 3 amide bonds. The topological polar surface area (TPSA) is 137 Å². The number of hydrogen-bond acceptors (Lipinski definition) is 8. The molecule has 0 bridgehead atoms. The highest BCUT2D eigenvalue weighted by atomic mass is 16.5. The summed E-state index contributed by atoms with van der Waals surface area (Å²) in [6, 6.07) is 11.9. The number of carbonyl (C=O) groups is 3. The molecule has 0 saturated carbocycles. The van der Waals surface area contributed by atoms with Crippen LogP contribution in [0, 0.1) is 0 Å². The van der Waals surface area contributed by atoms with Gasteiger partial charge in [0.1, 0.15) is 5.75 Å². The lowest BCUT2D eigenvalue weighted by Gasteiger charge is -2.12. The van der Waals surface area contributed by atoms with Crippen LogP contribution in [-0.4, -0.2) is 64.5 Å². The Morgan fingerprint density at radius 1 is 0.971 bits per heavy atom. The van der Waals surface area contributed by atoms with Gasteiger partial charge in [0.05, 0.1) is 26.5 Å². The van der Waals surface area contributed by atoms with E-state index in [0.29, 0.717) is 36.0 Å². The Morgan fingerprint density at radius 3 is 2.41 bits per heavy atom. The Hall–Kier alpha value is -4.12. The van der Waals surface area contributed by atoms with Crippen molar-refractivity contribution in [1.29, 1.82) is 0 Å². The lowest BCUT2D eigenvalue weighted by Crippen LogP contribution is -2.39. The van der Waals surface area contributed by atoms with Gasteiger partial charge in [-0.3, -0.25) is 14.4 Å². The fourth-order valence-electron chi connectivity index (χ4n) is 2.59. The molecule has 0 fully saturated rings. The molecule has 0 atom stereocenters. The summed E-state index contributed by atoms with van der Waals surface area (Å²) in [5.74, 6) is -0.639. The summed E-state index contributed by atoms with van der Waals surface area (Å²) in [6.45, 7) is 2.73. The molecule has 0 aromatic heterocycles. The van der Waals surface area contributed by atoms with Gasteiger partial charge < -0.3 is 29.6 Å². The fraction of sp³-hybridized carbons (Fsp3) is 0.304. The maximum atomic E-state index is 12.2. The second kappa shape index (κ2) is 14.1. The first-order chi connectivity index (χ1) is 16.5. The van der Waals surface area contributed by atoms with Gasteiger partial charge >= 0.3 is 11.8 Å². The van der Waals surface area contributed by atoms with Crippen LogP contribution in [0.4, 0.5) is 5.69 Å². The molecule has 182 valence electrons. The number of rotatable bonds is 12. The number of ether oxygens (including phenoxy) is 4. The summed E-state index contributed by atoms with van der Waals surface area (Å²) in [5.41, 5.74) is 3.32. The summed E-state index contributed by atoms with van der Waals surface area (Å²) in [5, 5.41) is 8.86. The van der Waals surface area contributed by atoms with Gasteiger partial charge in [-0.1, -0.05) is 0 Å². The molecule has 34 heavy (non-hydrogen) atoms. The molecule has 3 N–H and O–H groups in total. The van der Waals surface area contributed by atoms with Crippen molar-refractivity contribution in [3.05, 3.63) is 48.0 Å². The lowest BCUT2D eigenvalue weighted by molar-refractivity contribution is -0.139. The molecule has 0 unspecified atom stereocenters. The summed E-state index contributed by atoms with van der Waals surface area (Å²) in [7, 11) is 2.94. The Morgan fingerprint density at radius 2 is 1.74 bits per heavy atom. The number of methoxy groups -OCH3 is 2. The number of carbonyl (C=O) groups excluding carboxylic acids is 3. The summed E-state index contributed by atoms with van der Waals surface area (Å²) in [4.78, 5) is 35.4. The van der Waals surface area contributed by atoms with E-state index in [1.807, 2.05) is 6.92 Å². The normalized spacial score (nSPS) is 10.4. The van der Waals surface area contributed by atoms with Gasteiger partial charge in [0.15, 0.2) is 18.1 Å². The zero-order chi connectivity index (χ0) is 24.8. The smallest absolute Gasteiger partial charge is 0.329 e. The molecule has 0 spiro atoms. The van der Waals surface area contributed by atoms with E-state index in [9.17, 15) is 14.4 Å². The van der Waals surface area contributed by atoms with Crippen LogP contribution >= 0.6 is 0 Å². The summed E-state index contributed by atoms with van der Waals surface area (Å²) < 4.78 is 21.0. The molecule has 0 aliphatic carbocycles. The molecular formula is C23H28N4O7. The van der Waals surface area contributed by atoms with Crippen LogP contribution in [0.5, 0.6) is 17.2 Å². The number of benzene rings is 2. The van der Waals surface area contributed by atoms with Crippen molar-refractivity contribution in [2.24, 2.45) is 5.10 Å². The highest BCUT2D eigenvalue weighted by molar-refractivity contribution is 6.35. The maximum absolute atomic E-state index is 12.2. The average Bonchev–Trinajstić information content (AvgIpc) is 2.84. The van der Waals surface area contributed by atoms with Gasteiger partial charge in [-0.25, -0.2) is 5.43 Å². The Bertz CT molecular complexity index is 993. The lowest BCUT2D eigenvalue weighted by atomic mass is 10.2. The van der Waals surface area contributed by atoms with Gasteiger partial charge in [0.25, 0.3) is 5.91 Å². The van der Waals surface area contributed by atoms with Crippen molar-refractivity contribution in [3.8, 4) is 17.2 Å². The minimum absolute atomic E-state index is 0.212. The van der Waals surface area contributed by atoms with Crippen molar-refractivity contribution in [2.75, 3.05) is 45.9 Å². The zero-order valence-corrected chi connectivity index (χ0v) is 19.3. The van der Waals surface area contributed by atoms with E-state index < -0.39 is 11.8 Å². The van der Waals surface area contributed by atoms with Gasteiger partial charge in [-0.15, -0.1) is 0 Å². The highest BCUT2D eigenvalue weighted by Crippen LogP contribution is 2.27. The first-order valence-corrected chi connectivity index (χ1v) is 10.4. The molecule has 2 aromatic carbocycles. The van der Waals surface area contributed by atoms with Crippen LogP contribution in [0.2, 0.25) is 0 Å². The van der Waals surface area contributed by atoms with Crippen LogP contribution in [0.3, 0.4) is 0 Å². The van der Waals surface area contributed by atoms with Crippen molar-refractivity contribution in [2.45, 2.75) is 6.92 Å². The van der Waals surface area contributed by atoms with Gasteiger partial charge in [0, 0.05) is 19.3 Å². The molecule has 0 aliphatic heterocycles. The van der Waals surface area contributed by atoms with Gasteiger partial charge in [-0.05, 0) is 55.0 Å².